The highest BCUT2D eigenvalue weighted by Crippen LogP contribution is 2.30. The van der Waals surface area contributed by atoms with Crippen LogP contribution in [0.3, 0.4) is 0 Å². The van der Waals surface area contributed by atoms with Crippen molar-refractivity contribution in [2.24, 2.45) is 0 Å². The Bertz CT molecular complexity index is 954. The molecule has 0 fully saturated rings. The zero-order valence-corrected chi connectivity index (χ0v) is 14.1. The number of ether oxygens (including phenoxy) is 1. The van der Waals surface area contributed by atoms with Gasteiger partial charge >= 0.3 is 12.4 Å². The van der Waals surface area contributed by atoms with E-state index in [2.05, 4.69) is 20.4 Å². The van der Waals surface area contributed by atoms with Gasteiger partial charge < -0.3 is 14.5 Å². The van der Waals surface area contributed by atoms with Crippen molar-refractivity contribution >= 4 is 34.9 Å². The lowest BCUT2D eigenvalue weighted by Crippen LogP contribution is -2.19. The third-order valence-corrected chi connectivity index (χ3v) is 3.93. The molecule has 2 amide bonds. The third-order valence-electron chi connectivity index (χ3n) is 3.06. The lowest BCUT2D eigenvalue weighted by molar-refractivity contribution is -0.274. The zero-order chi connectivity index (χ0) is 19.4. The molecular formula is C16H10F3N3O4S. The van der Waals surface area contributed by atoms with Crippen molar-refractivity contribution in [3.8, 4) is 5.75 Å². The van der Waals surface area contributed by atoms with Crippen molar-refractivity contribution in [1.29, 1.82) is 0 Å². The number of carbonyl (C=O) groups is 2. The SMILES string of the molecule is O=C(Nc1ccccc1OC(F)(F)F)c1coc(NC(=O)c2cccs2)n1. The molecule has 0 spiro atoms. The molecule has 0 atom stereocenters. The van der Waals surface area contributed by atoms with Gasteiger partial charge in [-0.25, -0.2) is 0 Å². The number of hydrogen-bond donors (Lipinski definition) is 2. The summed E-state index contributed by atoms with van der Waals surface area (Å²) in [6, 6.07) is 8.09. The Balaban J connectivity index is 1.69. The Morgan fingerprint density at radius 2 is 1.85 bits per heavy atom. The first kappa shape index (κ1) is 18.5. The normalized spacial score (nSPS) is 11.1. The number of oxazole rings is 1. The van der Waals surface area contributed by atoms with E-state index >= 15 is 0 Å². The number of rotatable bonds is 5. The molecular weight excluding hydrogens is 387 g/mol. The molecule has 2 N–H and O–H groups in total. The predicted octanol–water partition coefficient (Wildman–Crippen LogP) is 4.14. The number of para-hydroxylation sites is 2. The minimum atomic E-state index is -4.91. The van der Waals surface area contributed by atoms with Crippen LogP contribution in [0.2, 0.25) is 0 Å². The van der Waals surface area contributed by atoms with Crippen LogP contribution < -0.4 is 15.4 Å². The number of anilines is 2. The number of nitrogens with zero attached hydrogens (tertiary/aromatic N) is 1. The Morgan fingerprint density at radius 1 is 1.07 bits per heavy atom. The van der Waals surface area contributed by atoms with E-state index in [4.69, 9.17) is 4.42 Å². The molecule has 0 saturated heterocycles. The molecule has 0 radical (unpaired) electrons. The lowest BCUT2D eigenvalue weighted by atomic mass is 10.3. The smallest absolute Gasteiger partial charge is 0.431 e. The van der Waals surface area contributed by atoms with Crippen molar-refractivity contribution in [3.05, 3.63) is 58.6 Å². The number of aromatic nitrogens is 1. The molecule has 0 aliphatic carbocycles. The largest absolute Gasteiger partial charge is 0.573 e. The van der Waals surface area contributed by atoms with Crippen molar-refractivity contribution in [2.45, 2.75) is 6.36 Å². The van der Waals surface area contributed by atoms with Crippen LogP contribution in [-0.2, 0) is 0 Å². The summed E-state index contributed by atoms with van der Waals surface area (Å²) in [6.07, 6.45) is -3.94. The van der Waals surface area contributed by atoms with Gasteiger partial charge in [0.2, 0.25) is 0 Å². The number of alkyl halides is 3. The number of halogens is 3. The average molecular weight is 397 g/mol. The molecule has 140 valence electrons. The van der Waals surface area contributed by atoms with Crippen LogP contribution in [0.25, 0.3) is 0 Å². The van der Waals surface area contributed by atoms with Gasteiger partial charge in [0.05, 0.1) is 10.6 Å². The standard InChI is InChI=1S/C16H10F3N3O4S/c17-16(18,19)26-11-5-2-1-4-9(11)20-13(23)10-8-25-15(21-10)22-14(24)12-6-3-7-27-12/h1-8H,(H,20,23)(H,21,22,24). The van der Waals surface area contributed by atoms with E-state index in [-0.39, 0.29) is 17.4 Å². The summed E-state index contributed by atoms with van der Waals surface area (Å²) in [4.78, 5) is 28.3. The molecule has 7 nitrogen and oxygen atoms in total. The second-order valence-corrected chi connectivity index (χ2v) is 5.92. The molecule has 11 heteroatoms. The summed E-state index contributed by atoms with van der Waals surface area (Å²) >= 11 is 1.20. The predicted molar refractivity (Wildman–Crippen MR) is 89.9 cm³/mol. The van der Waals surface area contributed by atoms with E-state index in [1.807, 2.05) is 0 Å². The van der Waals surface area contributed by atoms with E-state index in [0.29, 0.717) is 4.88 Å². The van der Waals surface area contributed by atoms with Gasteiger partial charge in [-0.05, 0) is 23.6 Å². The summed E-state index contributed by atoms with van der Waals surface area (Å²) in [7, 11) is 0. The van der Waals surface area contributed by atoms with E-state index in [9.17, 15) is 22.8 Å². The topological polar surface area (TPSA) is 93.5 Å². The maximum atomic E-state index is 12.4. The molecule has 27 heavy (non-hydrogen) atoms. The van der Waals surface area contributed by atoms with Gasteiger partial charge in [-0.3, -0.25) is 14.9 Å². The van der Waals surface area contributed by atoms with Crippen LogP contribution >= 0.6 is 11.3 Å². The van der Waals surface area contributed by atoms with Crippen LogP contribution in [0.4, 0.5) is 24.9 Å². The van der Waals surface area contributed by atoms with Crippen LogP contribution in [0.15, 0.2) is 52.5 Å². The second-order valence-electron chi connectivity index (χ2n) is 4.97. The highest BCUT2D eigenvalue weighted by Gasteiger charge is 2.32. The van der Waals surface area contributed by atoms with Gasteiger partial charge in [0.1, 0.15) is 6.26 Å². The van der Waals surface area contributed by atoms with Crippen molar-refractivity contribution < 1.29 is 31.9 Å². The van der Waals surface area contributed by atoms with E-state index < -0.39 is 23.9 Å². The minimum absolute atomic E-state index is 0.202. The monoisotopic (exact) mass is 397 g/mol. The maximum Gasteiger partial charge on any atom is 0.573 e. The van der Waals surface area contributed by atoms with Gasteiger partial charge in [-0.15, -0.1) is 24.5 Å². The van der Waals surface area contributed by atoms with Crippen molar-refractivity contribution in [1.82, 2.24) is 4.98 Å². The Morgan fingerprint density at radius 3 is 2.56 bits per heavy atom. The van der Waals surface area contributed by atoms with Gasteiger partial charge in [0.15, 0.2) is 11.4 Å². The molecule has 3 aromatic rings. The van der Waals surface area contributed by atoms with Crippen LogP contribution in [0, 0.1) is 0 Å². The average Bonchev–Trinajstić information content (AvgIpc) is 3.26. The molecule has 3 rings (SSSR count). The molecule has 2 aromatic heterocycles. The zero-order valence-electron chi connectivity index (χ0n) is 13.2. The van der Waals surface area contributed by atoms with E-state index in [0.717, 1.165) is 12.3 Å². The number of amides is 2. The Hall–Kier alpha value is -3.34. The molecule has 1 aromatic carbocycles. The molecule has 2 heterocycles. The Labute approximate surface area is 153 Å². The van der Waals surface area contributed by atoms with E-state index in [1.165, 1.54) is 29.5 Å². The highest BCUT2D eigenvalue weighted by atomic mass is 32.1. The number of carbonyl (C=O) groups excluding carboxylic acids is 2. The summed E-state index contributed by atoms with van der Waals surface area (Å²) < 4.78 is 46.1. The van der Waals surface area contributed by atoms with Crippen LogP contribution in [0.5, 0.6) is 5.75 Å². The molecule has 0 unspecified atom stereocenters. The first-order chi connectivity index (χ1) is 12.8. The number of thiophene rings is 1. The molecule has 0 aliphatic heterocycles. The summed E-state index contributed by atoms with van der Waals surface area (Å²) in [5.74, 6) is -1.88. The third kappa shape index (κ3) is 4.85. The number of nitrogens with one attached hydrogen (secondary N) is 2. The van der Waals surface area contributed by atoms with Crippen molar-refractivity contribution in [2.75, 3.05) is 10.6 Å². The summed E-state index contributed by atoms with van der Waals surface area (Å²) in [5.41, 5.74) is -0.440. The first-order valence-corrected chi connectivity index (χ1v) is 8.16. The minimum Gasteiger partial charge on any atom is -0.431 e. The number of benzene rings is 1. The number of hydrogen-bond acceptors (Lipinski definition) is 6. The fraction of sp³-hybridized carbons (Fsp3) is 0.0625. The molecule has 0 bridgehead atoms. The first-order valence-electron chi connectivity index (χ1n) is 7.28. The fourth-order valence-corrected chi connectivity index (χ4v) is 2.59. The van der Waals surface area contributed by atoms with Gasteiger partial charge in [0, 0.05) is 0 Å². The van der Waals surface area contributed by atoms with E-state index in [1.54, 1.807) is 17.5 Å². The lowest BCUT2D eigenvalue weighted by Gasteiger charge is -2.13. The Kier molecular flexibility index (Phi) is 5.12. The summed E-state index contributed by atoms with van der Waals surface area (Å²) in [6.45, 7) is 0. The molecule has 0 saturated carbocycles. The van der Waals surface area contributed by atoms with Crippen LogP contribution in [0.1, 0.15) is 20.2 Å². The van der Waals surface area contributed by atoms with Gasteiger partial charge in [-0.2, -0.15) is 4.98 Å². The highest BCUT2D eigenvalue weighted by molar-refractivity contribution is 7.12. The van der Waals surface area contributed by atoms with Gasteiger partial charge in [-0.1, -0.05) is 18.2 Å². The summed E-state index contributed by atoms with van der Waals surface area (Å²) in [5, 5.41) is 6.32. The van der Waals surface area contributed by atoms with Crippen LogP contribution in [-0.4, -0.2) is 23.2 Å². The maximum absolute atomic E-state index is 12.4. The quantitative estimate of drug-likeness (QED) is 0.675. The second kappa shape index (κ2) is 7.50. The van der Waals surface area contributed by atoms with Gasteiger partial charge in [0.25, 0.3) is 11.8 Å². The van der Waals surface area contributed by atoms with Crippen molar-refractivity contribution in [3.63, 3.8) is 0 Å². The molecule has 0 aliphatic rings. The fourth-order valence-electron chi connectivity index (χ4n) is 1.97.